The van der Waals surface area contributed by atoms with Crippen LogP contribution in [0.3, 0.4) is 0 Å². The van der Waals surface area contributed by atoms with Crippen LogP contribution < -0.4 is 10.6 Å². The lowest BCUT2D eigenvalue weighted by atomic mass is 10.2. The summed E-state index contributed by atoms with van der Waals surface area (Å²) >= 11 is 0. The number of amides is 2. The molecule has 7 nitrogen and oxygen atoms in total. The van der Waals surface area contributed by atoms with Crippen molar-refractivity contribution in [1.29, 1.82) is 0 Å². The average molecular weight is 324 g/mol. The van der Waals surface area contributed by atoms with Gasteiger partial charge >= 0.3 is 6.03 Å². The second-order valence-electron chi connectivity index (χ2n) is 5.88. The van der Waals surface area contributed by atoms with Gasteiger partial charge in [-0.25, -0.2) is 9.78 Å². The fourth-order valence-corrected chi connectivity index (χ4v) is 2.58. The summed E-state index contributed by atoms with van der Waals surface area (Å²) in [5, 5.41) is 24.7. The summed E-state index contributed by atoms with van der Waals surface area (Å²) in [4.78, 5) is 19.8. The van der Waals surface area contributed by atoms with E-state index in [2.05, 4.69) is 20.6 Å². The molecule has 24 heavy (non-hydrogen) atoms. The number of aromatic nitrogens is 2. The number of aromatic amines is 1. The molecular weight excluding hydrogens is 308 g/mol. The number of carbonyl (C=O) groups is 1. The zero-order valence-electron chi connectivity index (χ0n) is 12.7. The first-order valence-electron chi connectivity index (χ1n) is 7.69. The molecule has 0 atom stereocenters. The fourth-order valence-electron chi connectivity index (χ4n) is 2.58. The smallest absolute Gasteiger partial charge is 0.323 e. The van der Waals surface area contributed by atoms with Crippen molar-refractivity contribution < 1.29 is 15.0 Å². The minimum Gasteiger partial charge on any atom is -0.508 e. The molecule has 0 saturated heterocycles. The Hall–Kier alpha value is -3.22. The van der Waals surface area contributed by atoms with Crippen molar-refractivity contribution in [1.82, 2.24) is 9.97 Å². The predicted octanol–water partition coefficient (Wildman–Crippen LogP) is 3.50. The maximum atomic E-state index is 12.2. The first-order valence-corrected chi connectivity index (χ1v) is 7.69. The third-order valence-electron chi connectivity index (χ3n) is 3.98. The van der Waals surface area contributed by atoms with E-state index >= 15 is 0 Å². The summed E-state index contributed by atoms with van der Waals surface area (Å²) in [5.74, 6) is 1.49. The number of rotatable bonds is 3. The molecule has 1 aromatic heterocycles. The molecule has 1 saturated carbocycles. The first-order chi connectivity index (χ1) is 11.6. The Morgan fingerprint density at radius 1 is 1.08 bits per heavy atom. The molecular formula is C17H16N4O3. The lowest BCUT2D eigenvalue weighted by Gasteiger charge is -2.08. The summed E-state index contributed by atoms with van der Waals surface area (Å²) in [5.41, 5.74) is 2.14. The molecule has 0 bridgehead atoms. The molecule has 122 valence electrons. The van der Waals surface area contributed by atoms with Gasteiger partial charge in [-0.05, 0) is 49.2 Å². The van der Waals surface area contributed by atoms with Crippen molar-refractivity contribution in [2.24, 2.45) is 0 Å². The van der Waals surface area contributed by atoms with Gasteiger partial charge in [0.2, 0.25) is 0 Å². The third kappa shape index (κ3) is 2.71. The standard InChI is InChI=1S/C17H16N4O3/c22-11-5-3-10(4-6-11)18-17(24)19-12-7-8-13(23)15-14(12)20-16(21-15)9-1-2-9/h3-9,22-23H,1-2H2,(H,20,21)(H2,18,19,24). The molecule has 7 heteroatoms. The summed E-state index contributed by atoms with van der Waals surface area (Å²) in [7, 11) is 0. The van der Waals surface area contributed by atoms with Crippen LogP contribution in [0, 0.1) is 0 Å². The van der Waals surface area contributed by atoms with Gasteiger partial charge in [0.15, 0.2) is 0 Å². The number of benzene rings is 2. The zero-order valence-corrected chi connectivity index (χ0v) is 12.7. The number of aromatic hydroxyl groups is 2. The van der Waals surface area contributed by atoms with Gasteiger partial charge in [0.25, 0.3) is 0 Å². The monoisotopic (exact) mass is 324 g/mol. The molecule has 0 aliphatic heterocycles. The van der Waals surface area contributed by atoms with Gasteiger partial charge in [-0.1, -0.05) is 0 Å². The van der Waals surface area contributed by atoms with E-state index in [0.29, 0.717) is 28.3 Å². The van der Waals surface area contributed by atoms with Crippen molar-refractivity contribution in [3.63, 3.8) is 0 Å². The number of urea groups is 1. The van der Waals surface area contributed by atoms with Gasteiger partial charge in [0, 0.05) is 11.6 Å². The molecule has 1 fully saturated rings. The number of phenolic OH excluding ortho intramolecular Hbond substituents is 2. The molecule has 5 N–H and O–H groups in total. The maximum absolute atomic E-state index is 12.2. The van der Waals surface area contributed by atoms with E-state index in [1.807, 2.05) is 0 Å². The van der Waals surface area contributed by atoms with E-state index in [4.69, 9.17) is 0 Å². The quantitative estimate of drug-likeness (QED) is 0.475. The molecule has 4 rings (SSSR count). The van der Waals surface area contributed by atoms with Crippen LogP contribution in [0.15, 0.2) is 36.4 Å². The Bertz CT molecular complexity index is 913. The highest BCUT2D eigenvalue weighted by atomic mass is 16.3. The van der Waals surface area contributed by atoms with Crippen LogP contribution in [-0.2, 0) is 0 Å². The van der Waals surface area contributed by atoms with Crippen molar-refractivity contribution >= 4 is 28.4 Å². The van der Waals surface area contributed by atoms with E-state index < -0.39 is 6.03 Å². The van der Waals surface area contributed by atoms with Gasteiger partial charge in [-0.2, -0.15) is 0 Å². The Morgan fingerprint density at radius 2 is 1.83 bits per heavy atom. The molecule has 0 unspecified atom stereocenters. The SMILES string of the molecule is O=C(Nc1ccc(O)cc1)Nc1ccc(O)c2[nH]c(C3CC3)nc12. The number of hydrogen-bond acceptors (Lipinski definition) is 4. The Labute approximate surface area is 137 Å². The highest BCUT2D eigenvalue weighted by molar-refractivity contribution is 6.05. The van der Waals surface area contributed by atoms with Crippen LogP contribution >= 0.6 is 0 Å². The summed E-state index contributed by atoms with van der Waals surface area (Å²) in [6, 6.07) is 8.89. The van der Waals surface area contributed by atoms with Crippen molar-refractivity contribution in [2.45, 2.75) is 18.8 Å². The highest BCUT2D eigenvalue weighted by Crippen LogP contribution is 2.41. The highest BCUT2D eigenvalue weighted by Gasteiger charge is 2.27. The molecule has 2 aromatic carbocycles. The van der Waals surface area contributed by atoms with Crippen molar-refractivity contribution in [2.75, 3.05) is 10.6 Å². The topological polar surface area (TPSA) is 110 Å². The van der Waals surface area contributed by atoms with Crippen LogP contribution in [0.1, 0.15) is 24.6 Å². The molecule has 3 aromatic rings. The molecule has 0 radical (unpaired) electrons. The number of phenols is 2. The summed E-state index contributed by atoms with van der Waals surface area (Å²) in [6.45, 7) is 0. The third-order valence-corrected chi connectivity index (χ3v) is 3.98. The Morgan fingerprint density at radius 3 is 2.54 bits per heavy atom. The molecule has 1 aliphatic rings. The molecule has 0 spiro atoms. The zero-order chi connectivity index (χ0) is 16.7. The largest absolute Gasteiger partial charge is 0.508 e. The molecule has 1 aliphatic carbocycles. The number of imidazole rings is 1. The van der Waals surface area contributed by atoms with Gasteiger partial charge in [0.1, 0.15) is 28.4 Å². The number of H-pyrrole nitrogens is 1. The van der Waals surface area contributed by atoms with Crippen LogP contribution in [-0.4, -0.2) is 26.2 Å². The normalized spacial score (nSPS) is 13.8. The lowest BCUT2D eigenvalue weighted by molar-refractivity contribution is 0.262. The number of anilines is 2. The number of hydrogen-bond donors (Lipinski definition) is 5. The maximum Gasteiger partial charge on any atom is 0.323 e. The summed E-state index contributed by atoms with van der Waals surface area (Å²) in [6.07, 6.45) is 2.18. The van der Waals surface area contributed by atoms with Gasteiger partial charge in [-0.3, -0.25) is 0 Å². The number of carbonyl (C=O) groups excluding carboxylic acids is 1. The Kier molecular flexibility index (Phi) is 3.26. The average Bonchev–Trinajstić information content (AvgIpc) is 3.31. The van der Waals surface area contributed by atoms with Gasteiger partial charge in [-0.15, -0.1) is 0 Å². The fraction of sp³-hybridized carbons (Fsp3) is 0.176. The predicted molar refractivity (Wildman–Crippen MR) is 90.5 cm³/mol. The number of nitrogens with zero attached hydrogens (tertiary/aromatic N) is 1. The molecule has 1 heterocycles. The van der Waals surface area contributed by atoms with E-state index in [1.54, 1.807) is 18.2 Å². The molecule has 2 amide bonds. The summed E-state index contributed by atoms with van der Waals surface area (Å²) < 4.78 is 0. The van der Waals surface area contributed by atoms with Crippen LogP contribution in [0.2, 0.25) is 0 Å². The van der Waals surface area contributed by atoms with Crippen molar-refractivity contribution in [3.05, 3.63) is 42.2 Å². The van der Waals surface area contributed by atoms with E-state index in [9.17, 15) is 15.0 Å². The second-order valence-corrected chi connectivity index (χ2v) is 5.88. The van der Waals surface area contributed by atoms with Gasteiger partial charge < -0.3 is 25.8 Å². The van der Waals surface area contributed by atoms with Crippen LogP contribution in [0.5, 0.6) is 11.5 Å². The van der Waals surface area contributed by atoms with E-state index in [1.165, 1.54) is 18.2 Å². The first kappa shape index (κ1) is 14.4. The van der Waals surface area contributed by atoms with Crippen molar-refractivity contribution in [3.8, 4) is 11.5 Å². The second kappa shape index (κ2) is 5.45. The van der Waals surface area contributed by atoms with Crippen LogP contribution in [0.4, 0.5) is 16.2 Å². The minimum atomic E-state index is -0.427. The van der Waals surface area contributed by atoms with E-state index in [0.717, 1.165) is 18.7 Å². The number of fused-ring (bicyclic) bond motifs is 1. The number of nitrogens with one attached hydrogen (secondary N) is 3. The van der Waals surface area contributed by atoms with E-state index in [-0.39, 0.29) is 11.5 Å². The van der Waals surface area contributed by atoms with Gasteiger partial charge in [0.05, 0.1) is 5.69 Å². The Balaban J connectivity index is 1.58. The lowest BCUT2D eigenvalue weighted by Crippen LogP contribution is -2.19. The minimum absolute atomic E-state index is 0.105. The van der Waals surface area contributed by atoms with Crippen LogP contribution in [0.25, 0.3) is 11.0 Å².